The van der Waals surface area contributed by atoms with Crippen LogP contribution in [0.4, 0.5) is 10.1 Å². The molecule has 0 aliphatic carbocycles. The highest BCUT2D eigenvalue weighted by Crippen LogP contribution is 2.23. The Morgan fingerprint density at radius 3 is 2.56 bits per heavy atom. The first kappa shape index (κ1) is 14.8. The number of benzene rings is 1. The van der Waals surface area contributed by atoms with Crippen LogP contribution >= 0.6 is 0 Å². The number of aryl methyl sites for hydroxylation is 1. The molecular formula is C12H18FNO3S. The van der Waals surface area contributed by atoms with Gasteiger partial charge in [-0.05, 0) is 32.4 Å². The topological polar surface area (TPSA) is 69.4 Å². The van der Waals surface area contributed by atoms with Crippen LogP contribution in [0, 0.1) is 12.7 Å². The number of halogens is 1. The third-order valence-corrected chi connectivity index (χ3v) is 4.84. The van der Waals surface area contributed by atoms with Gasteiger partial charge in [0.25, 0.3) is 0 Å². The van der Waals surface area contributed by atoms with Crippen molar-refractivity contribution in [2.24, 2.45) is 0 Å². The van der Waals surface area contributed by atoms with Crippen molar-refractivity contribution in [2.45, 2.75) is 26.0 Å². The van der Waals surface area contributed by atoms with E-state index in [4.69, 9.17) is 10.5 Å². The number of rotatable bonds is 5. The lowest BCUT2D eigenvalue weighted by Gasteiger charge is -2.11. The molecule has 0 bridgehead atoms. The fourth-order valence-electron chi connectivity index (χ4n) is 1.28. The van der Waals surface area contributed by atoms with E-state index in [1.54, 1.807) is 20.8 Å². The zero-order valence-corrected chi connectivity index (χ0v) is 11.6. The number of hydrogen-bond donors (Lipinski definition) is 1. The van der Waals surface area contributed by atoms with E-state index in [1.807, 2.05) is 0 Å². The van der Waals surface area contributed by atoms with Crippen LogP contribution < -0.4 is 10.5 Å². The predicted molar refractivity (Wildman–Crippen MR) is 70.0 cm³/mol. The molecule has 4 nitrogen and oxygen atoms in total. The quantitative estimate of drug-likeness (QED) is 0.833. The van der Waals surface area contributed by atoms with Crippen LogP contribution in [0.15, 0.2) is 12.1 Å². The fraction of sp³-hybridized carbons (Fsp3) is 0.500. The number of nitrogens with two attached hydrogens (primary N) is 1. The molecule has 6 heteroatoms. The van der Waals surface area contributed by atoms with E-state index >= 15 is 0 Å². The van der Waals surface area contributed by atoms with Gasteiger partial charge in [-0.2, -0.15) is 0 Å². The van der Waals surface area contributed by atoms with Crippen molar-refractivity contribution in [3.05, 3.63) is 23.5 Å². The van der Waals surface area contributed by atoms with E-state index in [1.165, 1.54) is 12.1 Å². The smallest absolute Gasteiger partial charge is 0.167 e. The molecule has 0 aliphatic rings. The maximum absolute atomic E-state index is 13.5. The van der Waals surface area contributed by atoms with Crippen molar-refractivity contribution in [2.75, 3.05) is 18.1 Å². The van der Waals surface area contributed by atoms with Crippen molar-refractivity contribution in [3.63, 3.8) is 0 Å². The molecule has 0 spiro atoms. The summed E-state index contributed by atoms with van der Waals surface area (Å²) in [5.41, 5.74) is 6.57. The van der Waals surface area contributed by atoms with Gasteiger partial charge >= 0.3 is 0 Å². The first-order valence-corrected chi connectivity index (χ1v) is 7.35. The Kier molecular flexibility index (Phi) is 4.56. The Hall–Kier alpha value is -1.30. The minimum absolute atomic E-state index is 0.0284. The highest BCUT2D eigenvalue weighted by atomic mass is 32.2. The molecule has 0 amide bonds. The molecule has 0 heterocycles. The number of hydrogen-bond acceptors (Lipinski definition) is 4. The summed E-state index contributed by atoms with van der Waals surface area (Å²) < 4.78 is 41.7. The maximum Gasteiger partial charge on any atom is 0.167 e. The second-order valence-corrected chi connectivity index (χ2v) is 7.08. The monoisotopic (exact) mass is 275 g/mol. The van der Waals surface area contributed by atoms with E-state index in [-0.39, 0.29) is 18.1 Å². The predicted octanol–water partition coefficient (Wildman–Crippen LogP) is 1.92. The number of sulfone groups is 1. The first-order valence-electron chi connectivity index (χ1n) is 5.64. The van der Waals surface area contributed by atoms with Crippen LogP contribution in [0.25, 0.3) is 0 Å². The molecule has 0 saturated heterocycles. The zero-order valence-electron chi connectivity index (χ0n) is 10.7. The van der Waals surface area contributed by atoms with E-state index in [2.05, 4.69) is 0 Å². The lowest BCUT2D eigenvalue weighted by Crippen LogP contribution is -2.22. The van der Waals surface area contributed by atoms with Crippen molar-refractivity contribution < 1.29 is 17.5 Å². The van der Waals surface area contributed by atoms with E-state index in [9.17, 15) is 12.8 Å². The Bertz CT molecular complexity index is 526. The number of anilines is 1. The van der Waals surface area contributed by atoms with Gasteiger partial charge in [0, 0.05) is 11.8 Å². The summed E-state index contributed by atoms with van der Waals surface area (Å²) in [6, 6.07) is 2.63. The minimum Gasteiger partial charge on any atom is -0.489 e. The van der Waals surface area contributed by atoms with Crippen molar-refractivity contribution >= 4 is 15.5 Å². The van der Waals surface area contributed by atoms with Gasteiger partial charge in [-0.1, -0.05) is 0 Å². The molecule has 102 valence electrons. The molecule has 1 aromatic carbocycles. The highest BCUT2D eigenvalue weighted by Gasteiger charge is 2.16. The lowest BCUT2D eigenvalue weighted by atomic mass is 10.2. The molecule has 18 heavy (non-hydrogen) atoms. The maximum atomic E-state index is 13.5. The van der Waals surface area contributed by atoms with Crippen molar-refractivity contribution in [3.8, 4) is 5.75 Å². The SMILES string of the molecule is Cc1cc(OCCS(=O)(=O)C(C)C)c(F)cc1N. The lowest BCUT2D eigenvalue weighted by molar-refractivity contribution is 0.322. The second kappa shape index (κ2) is 5.56. The molecule has 2 N–H and O–H groups in total. The summed E-state index contributed by atoms with van der Waals surface area (Å²) in [7, 11) is -3.17. The Balaban J connectivity index is 2.68. The van der Waals surface area contributed by atoms with E-state index in [0.717, 1.165) is 0 Å². The molecule has 1 aromatic rings. The molecule has 0 saturated carbocycles. The second-order valence-electron chi connectivity index (χ2n) is 4.40. The summed E-state index contributed by atoms with van der Waals surface area (Å²) in [6.07, 6.45) is 0. The molecule has 1 rings (SSSR count). The van der Waals surface area contributed by atoms with Gasteiger partial charge in [0.05, 0.1) is 11.0 Å². The van der Waals surface area contributed by atoms with Crippen molar-refractivity contribution in [1.82, 2.24) is 0 Å². The van der Waals surface area contributed by atoms with Crippen LogP contribution in [0.2, 0.25) is 0 Å². The summed E-state index contributed by atoms with van der Waals surface area (Å²) in [5.74, 6) is -0.686. The average Bonchev–Trinajstić information content (AvgIpc) is 2.25. The molecule has 0 fully saturated rings. The standard InChI is InChI=1S/C12H18FNO3S/c1-8(2)18(15,16)5-4-17-12-6-9(3)11(14)7-10(12)13/h6-8H,4-5,14H2,1-3H3. The first-order chi connectivity index (χ1) is 8.24. The van der Waals surface area contributed by atoms with Crippen LogP contribution in [0.5, 0.6) is 5.75 Å². The third kappa shape index (κ3) is 3.60. The summed E-state index contributed by atoms with van der Waals surface area (Å²) >= 11 is 0. The van der Waals surface area contributed by atoms with Crippen LogP contribution in [-0.4, -0.2) is 26.0 Å². The fourth-order valence-corrected chi connectivity index (χ4v) is 2.07. The molecule has 0 radical (unpaired) electrons. The Morgan fingerprint density at radius 1 is 1.39 bits per heavy atom. The van der Waals surface area contributed by atoms with Crippen LogP contribution in [0.3, 0.4) is 0 Å². The van der Waals surface area contributed by atoms with Crippen LogP contribution in [-0.2, 0) is 9.84 Å². The third-order valence-electron chi connectivity index (χ3n) is 2.66. The van der Waals surface area contributed by atoms with E-state index in [0.29, 0.717) is 11.3 Å². The minimum atomic E-state index is -3.17. The van der Waals surface area contributed by atoms with Gasteiger partial charge in [0.2, 0.25) is 0 Å². The van der Waals surface area contributed by atoms with E-state index < -0.39 is 20.9 Å². The largest absolute Gasteiger partial charge is 0.489 e. The Morgan fingerprint density at radius 2 is 2.00 bits per heavy atom. The number of ether oxygens (including phenoxy) is 1. The van der Waals surface area contributed by atoms with Gasteiger partial charge in [0.1, 0.15) is 6.61 Å². The van der Waals surface area contributed by atoms with Gasteiger partial charge in [0.15, 0.2) is 21.4 Å². The number of nitrogen functional groups attached to an aromatic ring is 1. The highest BCUT2D eigenvalue weighted by molar-refractivity contribution is 7.91. The molecule has 0 aliphatic heterocycles. The Labute approximate surface area is 107 Å². The van der Waals surface area contributed by atoms with Gasteiger partial charge < -0.3 is 10.5 Å². The average molecular weight is 275 g/mol. The molecule has 0 aromatic heterocycles. The van der Waals surface area contributed by atoms with Gasteiger partial charge in [-0.3, -0.25) is 0 Å². The summed E-state index contributed by atoms with van der Waals surface area (Å²) in [6.45, 7) is 4.86. The van der Waals surface area contributed by atoms with Crippen LogP contribution in [0.1, 0.15) is 19.4 Å². The summed E-state index contributed by atoms with van der Waals surface area (Å²) in [5, 5.41) is -0.459. The molecular weight excluding hydrogens is 257 g/mol. The normalized spacial score (nSPS) is 11.8. The summed E-state index contributed by atoms with van der Waals surface area (Å²) in [4.78, 5) is 0. The van der Waals surface area contributed by atoms with Crippen molar-refractivity contribution in [1.29, 1.82) is 0 Å². The zero-order chi connectivity index (χ0) is 13.9. The molecule has 0 atom stereocenters. The molecule has 0 unspecified atom stereocenters. The van der Waals surface area contributed by atoms with Gasteiger partial charge in [-0.25, -0.2) is 12.8 Å². The van der Waals surface area contributed by atoms with Gasteiger partial charge in [-0.15, -0.1) is 0 Å².